The van der Waals surface area contributed by atoms with Crippen LogP contribution in [0.5, 0.6) is 5.75 Å². The lowest BCUT2D eigenvalue weighted by Crippen LogP contribution is -2.36. The minimum Gasteiger partial charge on any atom is -0.404 e. The summed E-state index contributed by atoms with van der Waals surface area (Å²) in [5.74, 6) is 4.59. The number of hydrogen-bond donors (Lipinski definition) is 2. The smallest absolute Gasteiger partial charge is 0.404 e. The van der Waals surface area contributed by atoms with E-state index in [1.807, 2.05) is 20.2 Å². The molecular formula is C29H32F6N4O3S. The van der Waals surface area contributed by atoms with Gasteiger partial charge in [-0.25, -0.2) is 8.42 Å². The maximum absolute atomic E-state index is 13.6. The number of rotatable bonds is 8. The van der Waals surface area contributed by atoms with Crippen molar-refractivity contribution in [1.29, 1.82) is 0 Å². The van der Waals surface area contributed by atoms with Gasteiger partial charge in [0.2, 0.25) is 0 Å². The highest BCUT2D eigenvalue weighted by molar-refractivity contribution is 7.90. The Hall–Kier alpha value is -3.57. The summed E-state index contributed by atoms with van der Waals surface area (Å²) >= 11 is 0. The molecule has 0 amide bonds. The van der Waals surface area contributed by atoms with E-state index < -0.39 is 34.7 Å². The normalized spacial score (nSPS) is 17.9. The molecule has 1 aliphatic rings. The molecule has 43 heavy (non-hydrogen) atoms. The average Bonchev–Trinajstić information content (AvgIpc) is 3.22. The Bertz CT molecular complexity index is 1610. The number of ether oxygens (including phenoxy) is 1. The molecule has 0 radical (unpaired) electrons. The van der Waals surface area contributed by atoms with Crippen molar-refractivity contribution in [3.8, 4) is 17.6 Å². The maximum Gasteiger partial charge on any atom is 0.573 e. The fourth-order valence-corrected chi connectivity index (χ4v) is 5.82. The first-order chi connectivity index (χ1) is 20.0. The van der Waals surface area contributed by atoms with Crippen molar-refractivity contribution >= 4 is 32.1 Å². The zero-order valence-electron chi connectivity index (χ0n) is 23.7. The molecule has 0 spiro atoms. The number of hydrogen-bond acceptors (Lipinski definition) is 6. The molecular weight excluding hydrogens is 598 g/mol. The molecule has 14 heteroatoms. The fourth-order valence-electron chi connectivity index (χ4n) is 5.18. The second-order valence-corrected chi connectivity index (χ2v) is 12.7. The van der Waals surface area contributed by atoms with Crippen molar-refractivity contribution in [3.05, 3.63) is 48.2 Å². The van der Waals surface area contributed by atoms with Gasteiger partial charge in [0, 0.05) is 35.5 Å². The summed E-state index contributed by atoms with van der Waals surface area (Å²) in [4.78, 5) is 1.82. The van der Waals surface area contributed by atoms with Crippen molar-refractivity contribution in [2.24, 2.45) is 0 Å². The van der Waals surface area contributed by atoms with Gasteiger partial charge in [0.25, 0.3) is 0 Å². The first kappa shape index (κ1) is 32.3. The van der Waals surface area contributed by atoms with Crippen LogP contribution < -0.4 is 15.4 Å². The molecule has 0 aliphatic heterocycles. The quantitative estimate of drug-likeness (QED) is 0.226. The van der Waals surface area contributed by atoms with Crippen LogP contribution in [0.4, 0.5) is 37.7 Å². The van der Waals surface area contributed by atoms with Gasteiger partial charge in [0.15, 0.2) is 15.6 Å². The molecule has 1 aromatic heterocycles. The van der Waals surface area contributed by atoms with Crippen LogP contribution in [0.15, 0.2) is 47.4 Å². The van der Waals surface area contributed by atoms with Gasteiger partial charge in [-0.05, 0) is 76.0 Å². The van der Waals surface area contributed by atoms with Crippen molar-refractivity contribution < 1.29 is 39.5 Å². The number of nitrogens with zero attached hydrogens (tertiary/aromatic N) is 2. The second kappa shape index (κ2) is 12.6. The van der Waals surface area contributed by atoms with Crippen molar-refractivity contribution in [1.82, 2.24) is 9.47 Å². The van der Waals surface area contributed by atoms with Gasteiger partial charge in [-0.15, -0.1) is 13.2 Å². The fraction of sp³-hybridized carbons (Fsp3) is 0.448. The third-order valence-corrected chi connectivity index (χ3v) is 8.37. The van der Waals surface area contributed by atoms with E-state index in [9.17, 15) is 34.8 Å². The van der Waals surface area contributed by atoms with Crippen LogP contribution in [-0.4, -0.2) is 69.4 Å². The molecule has 1 heterocycles. The maximum atomic E-state index is 13.6. The molecule has 0 saturated heterocycles. The largest absolute Gasteiger partial charge is 0.573 e. The lowest BCUT2D eigenvalue weighted by Gasteiger charge is -2.33. The van der Waals surface area contributed by atoms with Crippen LogP contribution in [-0.2, 0) is 16.4 Å². The summed E-state index contributed by atoms with van der Waals surface area (Å²) in [7, 11) is 0.277. The molecule has 2 aromatic carbocycles. The topological polar surface area (TPSA) is 75.6 Å². The molecule has 1 aliphatic carbocycles. The van der Waals surface area contributed by atoms with Crippen molar-refractivity contribution in [3.63, 3.8) is 0 Å². The van der Waals surface area contributed by atoms with E-state index in [1.54, 1.807) is 18.2 Å². The number of sulfone groups is 1. The SMILES string of the molecule is CN(C)C1CCC(Nc2cccc3c2cc(C#CCNc2ccc(S(C)(=O)=O)cc2OC(F)(F)F)n3CC(F)(F)F)CC1. The Morgan fingerprint density at radius 2 is 1.70 bits per heavy atom. The van der Waals surface area contributed by atoms with Gasteiger partial charge in [-0.2, -0.15) is 13.2 Å². The van der Waals surface area contributed by atoms with Gasteiger partial charge in [-0.1, -0.05) is 12.0 Å². The Morgan fingerprint density at radius 1 is 1.00 bits per heavy atom. The molecule has 4 rings (SSSR count). The predicted octanol–water partition coefficient (Wildman–Crippen LogP) is 6.25. The molecule has 7 nitrogen and oxygen atoms in total. The summed E-state index contributed by atoms with van der Waals surface area (Å²) < 4.78 is 108. The zero-order valence-corrected chi connectivity index (χ0v) is 24.6. The molecule has 3 aromatic rings. The Kier molecular flexibility index (Phi) is 9.46. The first-order valence-electron chi connectivity index (χ1n) is 13.4. The van der Waals surface area contributed by atoms with Crippen LogP contribution in [0.25, 0.3) is 10.9 Å². The predicted molar refractivity (Wildman–Crippen MR) is 153 cm³/mol. The second-order valence-electron chi connectivity index (χ2n) is 10.7. The van der Waals surface area contributed by atoms with Gasteiger partial charge >= 0.3 is 12.5 Å². The monoisotopic (exact) mass is 630 g/mol. The number of anilines is 2. The minimum atomic E-state index is -5.09. The van der Waals surface area contributed by atoms with Crippen LogP contribution in [0.2, 0.25) is 0 Å². The summed E-state index contributed by atoms with van der Waals surface area (Å²) in [6.07, 6.45) is -4.92. The Morgan fingerprint density at radius 3 is 2.30 bits per heavy atom. The highest BCUT2D eigenvalue weighted by atomic mass is 32.2. The molecule has 234 valence electrons. The zero-order chi connectivity index (χ0) is 31.6. The summed E-state index contributed by atoms with van der Waals surface area (Å²) in [5, 5.41) is 6.70. The molecule has 0 bridgehead atoms. The number of alkyl halides is 6. The summed E-state index contributed by atoms with van der Waals surface area (Å²) in [6, 6.07) is 10.3. The van der Waals surface area contributed by atoms with Crippen LogP contribution >= 0.6 is 0 Å². The summed E-state index contributed by atoms with van der Waals surface area (Å²) in [5.41, 5.74) is 0.941. The Balaban J connectivity index is 1.59. The van der Waals surface area contributed by atoms with Gasteiger partial charge in [0.05, 0.1) is 28.3 Å². The molecule has 1 fully saturated rings. The first-order valence-corrected chi connectivity index (χ1v) is 15.3. The van der Waals surface area contributed by atoms with Crippen molar-refractivity contribution in [2.75, 3.05) is 37.5 Å². The highest BCUT2D eigenvalue weighted by Gasteiger charge is 2.33. The van der Waals surface area contributed by atoms with Crippen molar-refractivity contribution in [2.45, 2.75) is 61.7 Å². The van der Waals surface area contributed by atoms with Crippen LogP contribution in [0.3, 0.4) is 0 Å². The van der Waals surface area contributed by atoms with Gasteiger partial charge in [-0.3, -0.25) is 0 Å². The van der Waals surface area contributed by atoms with E-state index in [2.05, 4.69) is 32.1 Å². The van der Waals surface area contributed by atoms with Gasteiger partial charge < -0.3 is 24.8 Å². The van der Waals surface area contributed by atoms with Gasteiger partial charge in [0.1, 0.15) is 6.54 Å². The lowest BCUT2D eigenvalue weighted by atomic mass is 9.90. The molecule has 1 saturated carbocycles. The summed E-state index contributed by atoms with van der Waals surface area (Å²) in [6.45, 7) is -1.54. The van der Waals surface area contributed by atoms with E-state index in [1.165, 1.54) is 0 Å². The number of nitrogens with one attached hydrogen (secondary N) is 2. The number of benzene rings is 2. The lowest BCUT2D eigenvalue weighted by molar-refractivity contribution is -0.274. The molecule has 0 atom stereocenters. The number of aromatic nitrogens is 1. The average molecular weight is 631 g/mol. The third-order valence-electron chi connectivity index (χ3n) is 7.26. The van der Waals surface area contributed by atoms with E-state index in [0.717, 1.165) is 54.7 Å². The van der Waals surface area contributed by atoms with E-state index >= 15 is 0 Å². The molecule has 2 N–H and O–H groups in total. The number of halogens is 6. The minimum absolute atomic E-state index is 0.0823. The Labute approximate surface area is 246 Å². The third kappa shape index (κ3) is 8.73. The van der Waals surface area contributed by atoms with Crippen LogP contribution in [0.1, 0.15) is 31.4 Å². The molecule has 0 unspecified atom stereocenters. The van der Waals surface area contributed by atoms with E-state index in [-0.39, 0.29) is 28.9 Å². The van der Waals surface area contributed by atoms with E-state index in [4.69, 9.17) is 0 Å². The van der Waals surface area contributed by atoms with E-state index in [0.29, 0.717) is 22.6 Å². The highest BCUT2D eigenvalue weighted by Crippen LogP contribution is 2.34. The van der Waals surface area contributed by atoms with Crippen LogP contribution in [0, 0.1) is 11.8 Å². The number of fused-ring (bicyclic) bond motifs is 1. The standard InChI is InChI=1S/C29H32F6N4O3S/c1-38(2)20-11-9-19(10-12-20)37-24-7-4-8-26-23(24)16-21(39(26)18-28(30,31)32)6-5-15-36-25-14-13-22(43(3,40)41)17-27(25)42-29(33,34)35/h4,7-8,13-14,16-17,19-20,36-37H,9-12,15,18H2,1-3H3.